The Morgan fingerprint density at radius 1 is 0.552 bits per heavy atom. The summed E-state index contributed by atoms with van der Waals surface area (Å²) in [5.41, 5.74) is 2.23. The molecule has 0 aliphatic carbocycles. The molecule has 0 amide bonds. The highest BCUT2D eigenvalue weighted by atomic mass is 32.3. The molecular weight excluding hydrogens is 392 g/mol. The fourth-order valence-corrected chi connectivity index (χ4v) is 3.21. The van der Waals surface area contributed by atoms with E-state index in [2.05, 4.69) is 0 Å². The second kappa shape index (κ2) is 14.3. The van der Waals surface area contributed by atoms with Gasteiger partial charge in [-0.3, -0.25) is 0 Å². The fourth-order valence-electron chi connectivity index (χ4n) is 2.50. The van der Waals surface area contributed by atoms with Crippen molar-refractivity contribution in [3.63, 3.8) is 0 Å². The molecule has 6 nitrogen and oxygen atoms in total. The van der Waals surface area contributed by atoms with Gasteiger partial charge in [-0.05, 0) is 36.8 Å². The van der Waals surface area contributed by atoms with Gasteiger partial charge in [0.15, 0.2) is 0 Å². The highest BCUT2D eigenvalue weighted by Gasteiger charge is 2.11. The van der Waals surface area contributed by atoms with Crippen molar-refractivity contribution >= 4 is 10.4 Å². The summed E-state index contributed by atoms with van der Waals surface area (Å²) >= 11 is 0. The molecule has 0 radical (unpaired) electrons. The van der Waals surface area contributed by atoms with E-state index in [4.69, 9.17) is 17.8 Å². The van der Waals surface area contributed by atoms with E-state index in [9.17, 15) is 8.42 Å². The largest absolute Gasteiger partial charge is 0.399 e. The average molecular weight is 423 g/mol. The van der Waals surface area contributed by atoms with Crippen LogP contribution >= 0.6 is 0 Å². The Balaban J connectivity index is 1.40. The summed E-state index contributed by atoms with van der Waals surface area (Å²) in [6.07, 6.45) is 2.62. The highest BCUT2D eigenvalue weighted by molar-refractivity contribution is 7.81. The number of hydrogen-bond donors (Lipinski definition) is 0. The molecule has 0 heterocycles. The van der Waals surface area contributed by atoms with E-state index >= 15 is 0 Å². The van der Waals surface area contributed by atoms with E-state index in [-0.39, 0.29) is 13.2 Å². The van der Waals surface area contributed by atoms with Crippen molar-refractivity contribution in [2.45, 2.75) is 38.9 Å². The molecule has 0 saturated carbocycles. The van der Waals surface area contributed by atoms with Crippen LogP contribution < -0.4 is 0 Å². The summed E-state index contributed by atoms with van der Waals surface area (Å²) in [5, 5.41) is 0. The quantitative estimate of drug-likeness (QED) is 0.377. The van der Waals surface area contributed by atoms with Crippen molar-refractivity contribution in [3.05, 3.63) is 71.8 Å². The van der Waals surface area contributed by atoms with Gasteiger partial charge < -0.3 is 9.47 Å². The van der Waals surface area contributed by atoms with Crippen molar-refractivity contribution in [1.29, 1.82) is 0 Å². The summed E-state index contributed by atoms with van der Waals surface area (Å²) < 4.78 is 44.1. The lowest BCUT2D eigenvalue weighted by atomic mass is 10.2. The third kappa shape index (κ3) is 11.7. The minimum Gasteiger partial charge on any atom is -0.377 e. The van der Waals surface area contributed by atoms with Crippen LogP contribution in [0.15, 0.2) is 60.7 Å². The average Bonchev–Trinajstić information content (AvgIpc) is 2.74. The van der Waals surface area contributed by atoms with Crippen LogP contribution in [0.3, 0.4) is 0 Å². The lowest BCUT2D eigenvalue weighted by Crippen LogP contribution is -2.12. The Kier molecular flexibility index (Phi) is 11.6. The lowest BCUT2D eigenvalue weighted by Gasteiger charge is -2.07. The summed E-state index contributed by atoms with van der Waals surface area (Å²) in [5.74, 6) is 0. The van der Waals surface area contributed by atoms with E-state index in [0.717, 1.165) is 24.0 Å². The zero-order valence-corrected chi connectivity index (χ0v) is 17.5. The van der Waals surface area contributed by atoms with Gasteiger partial charge in [0, 0.05) is 13.2 Å². The first kappa shape index (κ1) is 23.5. The first-order valence-corrected chi connectivity index (χ1v) is 11.3. The van der Waals surface area contributed by atoms with Crippen LogP contribution in [-0.2, 0) is 41.5 Å². The zero-order valence-electron chi connectivity index (χ0n) is 16.7. The maximum Gasteiger partial charge on any atom is 0.399 e. The topological polar surface area (TPSA) is 71.1 Å². The van der Waals surface area contributed by atoms with Crippen LogP contribution in [0.25, 0.3) is 0 Å². The maximum atomic E-state index is 11.7. The Bertz CT molecular complexity index is 690. The van der Waals surface area contributed by atoms with E-state index in [1.165, 1.54) is 0 Å². The molecule has 29 heavy (non-hydrogen) atoms. The van der Waals surface area contributed by atoms with Crippen molar-refractivity contribution < 1.29 is 26.3 Å². The van der Waals surface area contributed by atoms with Gasteiger partial charge in [-0.2, -0.15) is 8.42 Å². The molecule has 0 aliphatic rings. The van der Waals surface area contributed by atoms with Crippen molar-refractivity contribution in [2.75, 3.05) is 26.4 Å². The smallest absolute Gasteiger partial charge is 0.377 e. The van der Waals surface area contributed by atoms with Gasteiger partial charge in [-0.15, -0.1) is 0 Å². The second-order valence-corrected chi connectivity index (χ2v) is 7.83. The molecule has 160 valence electrons. The first-order valence-electron chi connectivity index (χ1n) is 9.93. The molecule has 2 rings (SSSR count). The van der Waals surface area contributed by atoms with Gasteiger partial charge in [0.05, 0.1) is 26.4 Å². The van der Waals surface area contributed by atoms with E-state index < -0.39 is 10.4 Å². The molecular formula is C22H30O6S. The van der Waals surface area contributed by atoms with Crippen LogP contribution in [0.2, 0.25) is 0 Å². The summed E-state index contributed by atoms with van der Waals surface area (Å²) in [6, 6.07) is 19.8. The normalized spacial score (nSPS) is 11.6. The highest BCUT2D eigenvalue weighted by Crippen LogP contribution is 2.05. The molecule has 0 aromatic heterocycles. The summed E-state index contributed by atoms with van der Waals surface area (Å²) in [7, 11) is -3.93. The maximum absolute atomic E-state index is 11.7. The number of ether oxygens (including phenoxy) is 2. The summed E-state index contributed by atoms with van der Waals surface area (Å²) in [4.78, 5) is 0. The standard InChI is InChI=1S/C22H30O6S/c23-29(24,27-17-9-7-15-25-19-21-11-3-1-4-12-21)28-18-10-8-16-26-20-22-13-5-2-6-14-22/h1-6,11-14H,7-10,15-20H2. The van der Waals surface area contributed by atoms with E-state index in [0.29, 0.717) is 39.3 Å². The number of hydrogen-bond acceptors (Lipinski definition) is 6. The van der Waals surface area contributed by atoms with Crippen molar-refractivity contribution in [3.8, 4) is 0 Å². The predicted molar refractivity (Wildman–Crippen MR) is 111 cm³/mol. The minimum atomic E-state index is -3.93. The van der Waals surface area contributed by atoms with Gasteiger partial charge >= 0.3 is 10.4 Å². The molecule has 0 unspecified atom stereocenters. The van der Waals surface area contributed by atoms with Crippen LogP contribution in [0.1, 0.15) is 36.8 Å². The molecule has 0 spiro atoms. The molecule has 0 aliphatic heterocycles. The van der Waals surface area contributed by atoms with Gasteiger partial charge in [0.1, 0.15) is 0 Å². The lowest BCUT2D eigenvalue weighted by molar-refractivity contribution is 0.109. The Labute approximate surface area is 174 Å². The Morgan fingerprint density at radius 3 is 1.34 bits per heavy atom. The molecule has 0 N–H and O–H groups in total. The minimum absolute atomic E-state index is 0.0945. The van der Waals surface area contributed by atoms with E-state index in [1.807, 2.05) is 60.7 Å². The number of rotatable bonds is 16. The van der Waals surface area contributed by atoms with Crippen LogP contribution in [-0.4, -0.2) is 34.8 Å². The van der Waals surface area contributed by atoms with Gasteiger partial charge in [-0.1, -0.05) is 60.7 Å². The third-order valence-corrected chi connectivity index (χ3v) is 4.96. The molecule has 0 fully saturated rings. The second-order valence-electron chi connectivity index (χ2n) is 6.54. The monoisotopic (exact) mass is 422 g/mol. The van der Waals surface area contributed by atoms with Gasteiger partial charge in [-0.25, -0.2) is 8.37 Å². The van der Waals surface area contributed by atoms with Crippen LogP contribution in [0.5, 0.6) is 0 Å². The first-order chi connectivity index (χ1) is 14.2. The molecule has 0 atom stereocenters. The third-order valence-electron chi connectivity index (χ3n) is 4.04. The van der Waals surface area contributed by atoms with Crippen LogP contribution in [0.4, 0.5) is 0 Å². The van der Waals surface area contributed by atoms with E-state index in [1.54, 1.807) is 0 Å². The Morgan fingerprint density at radius 2 is 0.931 bits per heavy atom. The summed E-state index contributed by atoms with van der Waals surface area (Å²) in [6.45, 7) is 2.41. The zero-order chi connectivity index (χ0) is 20.6. The molecule has 7 heteroatoms. The van der Waals surface area contributed by atoms with Crippen molar-refractivity contribution in [1.82, 2.24) is 0 Å². The molecule has 0 saturated heterocycles. The predicted octanol–water partition coefficient (Wildman–Crippen LogP) is 4.26. The Hall–Kier alpha value is -1.77. The molecule has 0 bridgehead atoms. The molecule has 2 aromatic carbocycles. The van der Waals surface area contributed by atoms with Gasteiger partial charge in [0.25, 0.3) is 0 Å². The van der Waals surface area contributed by atoms with Crippen molar-refractivity contribution in [2.24, 2.45) is 0 Å². The van der Waals surface area contributed by atoms with Crippen LogP contribution in [0, 0.1) is 0 Å². The molecule has 2 aromatic rings. The number of benzene rings is 2. The fraction of sp³-hybridized carbons (Fsp3) is 0.455. The SMILES string of the molecule is O=S(=O)(OCCCCOCc1ccccc1)OCCCCOCc1ccccc1. The number of unbranched alkanes of at least 4 members (excludes halogenated alkanes) is 2. The van der Waals surface area contributed by atoms with Gasteiger partial charge in [0.2, 0.25) is 0 Å².